The smallest absolute Gasteiger partial charge is 0.254 e. The minimum atomic E-state index is -0.769. The third-order valence-electron chi connectivity index (χ3n) is 8.61. The summed E-state index contributed by atoms with van der Waals surface area (Å²) in [6.07, 6.45) is 7.13. The van der Waals surface area contributed by atoms with Crippen molar-refractivity contribution in [1.29, 1.82) is 0 Å². The number of hydrogen-bond donors (Lipinski definition) is 3. The largest absolute Gasteiger partial charge is 0.389 e. The summed E-state index contributed by atoms with van der Waals surface area (Å²) in [7, 11) is 0. The Balaban J connectivity index is 1.30. The van der Waals surface area contributed by atoms with Gasteiger partial charge >= 0.3 is 0 Å². The molecule has 2 aromatic heterocycles. The van der Waals surface area contributed by atoms with Crippen molar-refractivity contribution in [1.82, 2.24) is 25.1 Å². The van der Waals surface area contributed by atoms with E-state index in [4.69, 9.17) is 0 Å². The Labute approximate surface area is 256 Å². The van der Waals surface area contributed by atoms with Gasteiger partial charge in [-0.05, 0) is 81.8 Å². The predicted octanol–water partition coefficient (Wildman–Crippen LogP) is 5.06. The molecule has 0 spiro atoms. The first-order chi connectivity index (χ1) is 20.9. The molecule has 9 heteroatoms. The van der Waals surface area contributed by atoms with E-state index in [2.05, 4.69) is 22.5 Å². The zero-order chi connectivity index (χ0) is 29.9. The number of likely N-dealkylation sites (tertiary alicyclic amines) is 1. The maximum Gasteiger partial charge on any atom is 0.254 e. The van der Waals surface area contributed by atoms with E-state index in [1.807, 2.05) is 82.7 Å². The summed E-state index contributed by atoms with van der Waals surface area (Å²) < 4.78 is 1.90. The average molecular weight is 598 g/mol. The molecule has 2 fully saturated rings. The number of aliphatic hydroxyl groups excluding tert-OH is 1. The first kappa shape index (κ1) is 29.3. The first-order valence-electron chi connectivity index (χ1n) is 15.2. The summed E-state index contributed by atoms with van der Waals surface area (Å²) in [6, 6.07) is 18.7. The lowest BCUT2D eigenvalue weighted by Gasteiger charge is -2.29. The van der Waals surface area contributed by atoms with Crippen molar-refractivity contribution < 1.29 is 14.7 Å². The highest BCUT2D eigenvalue weighted by atomic mass is 32.1. The van der Waals surface area contributed by atoms with Crippen molar-refractivity contribution in [3.8, 4) is 5.69 Å². The molecule has 1 unspecified atom stereocenters. The summed E-state index contributed by atoms with van der Waals surface area (Å²) in [6.45, 7) is 4.73. The molecule has 224 valence electrons. The fourth-order valence-corrected chi connectivity index (χ4v) is 7.31. The van der Waals surface area contributed by atoms with Crippen molar-refractivity contribution in [3.63, 3.8) is 0 Å². The van der Waals surface area contributed by atoms with Crippen LogP contribution in [0.2, 0.25) is 0 Å². The molecule has 2 aromatic carbocycles. The number of aliphatic hydroxyl groups is 1. The van der Waals surface area contributed by atoms with Crippen LogP contribution in [0.25, 0.3) is 5.69 Å². The summed E-state index contributed by atoms with van der Waals surface area (Å²) in [5.74, 6) is -0.425. The van der Waals surface area contributed by atoms with E-state index in [0.717, 1.165) is 47.6 Å². The van der Waals surface area contributed by atoms with Crippen LogP contribution < -0.4 is 10.6 Å². The SMILES string of the molecule is Cc1csc(C2CCCN2C(=O)c2cc(C(=O)N[C@@H](Cc3ccccc3)[C@H](O)[C@H]3CC[C@@H](C)N3)cc(-n3cccc3)c2)n1. The van der Waals surface area contributed by atoms with Crippen LogP contribution >= 0.6 is 11.3 Å². The second-order valence-corrected chi connectivity index (χ2v) is 12.7. The minimum Gasteiger partial charge on any atom is -0.389 e. The third kappa shape index (κ3) is 6.59. The second kappa shape index (κ2) is 12.8. The van der Waals surface area contributed by atoms with E-state index < -0.39 is 12.1 Å². The van der Waals surface area contributed by atoms with Crippen LogP contribution in [0.5, 0.6) is 0 Å². The molecular weight excluding hydrogens is 558 g/mol. The van der Waals surface area contributed by atoms with Crippen molar-refractivity contribution in [3.05, 3.63) is 106 Å². The molecule has 3 N–H and O–H groups in total. The Bertz CT molecular complexity index is 1550. The molecule has 8 nitrogen and oxygen atoms in total. The summed E-state index contributed by atoms with van der Waals surface area (Å²) >= 11 is 1.59. The highest BCUT2D eigenvalue weighted by Gasteiger charge is 2.35. The van der Waals surface area contributed by atoms with Gasteiger partial charge in [-0.25, -0.2) is 4.98 Å². The second-order valence-electron chi connectivity index (χ2n) is 11.9. The van der Waals surface area contributed by atoms with Crippen LogP contribution in [-0.2, 0) is 6.42 Å². The van der Waals surface area contributed by atoms with Crippen LogP contribution in [0.3, 0.4) is 0 Å². The van der Waals surface area contributed by atoms with Gasteiger partial charge in [-0.2, -0.15) is 0 Å². The van der Waals surface area contributed by atoms with Gasteiger partial charge in [0.05, 0.1) is 18.2 Å². The fraction of sp³-hybridized carbons (Fsp3) is 0.382. The van der Waals surface area contributed by atoms with Gasteiger partial charge in [-0.1, -0.05) is 30.3 Å². The van der Waals surface area contributed by atoms with Crippen LogP contribution in [0.15, 0.2) is 78.4 Å². The first-order valence-corrected chi connectivity index (χ1v) is 16.0. The highest BCUT2D eigenvalue weighted by Crippen LogP contribution is 2.35. The van der Waals surface area contributed by atoms with Crippen molar-refractivity contribution in [2.45, 2.75) is 76.2 Å². The van der Waals surface area contributed by atoms with Crippen molar-refractivity contribution in [2.24, 2.45) is 0 Å². The van der Waals surface area contributed by atoms with E-state index in [1.54, 1.807) is 23.5 Å². The molecule has 4 aromatic rings. The maximum absolute atomic E-state index is 14.0. The molecule has 2 amide bonds. The Kier molecular flexibility index (Phi) is 8.74. The maximum atomic E-state index is 14.0. The van der Waals surface area contributed by atoms with E-state index in [9.17, 15) is 14.7 Å². The van der Waals surface area contributed by atoms with Crippen LogP contribution in [0, 0.1) is 6.92 Å². The fourth-order valence-electron chi connectivity index (χ4n) is 6.37. The molecule has 43 heavy (non-hydrogen) atoms. The third-order valence-corrected chi connectivity index (χ3v) is 9.68. The molecule has 6 rings (SSSR count). The summed E-state index contributed by atoms with van der Waals surface area (Å²) in [5.41, 5.74) is 3.57. The number of benzene rings is 2. The van der Waals surface area contributed by atoms with Gasteiger partial charge < -0.3 is 25.2 Å². The molecule has 0 bridgehead atoms. The standard InChI is InChI=1S/C34H39N5O3S/c1-22-12-13-28(35-22)31(40)29(17-24-9-4-3-5-10-24)37-32(41)25-18-26(20-27(19-25)38-14-6-7-15-38)34(42)39-16-8-11-30(39)33-36-23(2)21-43-33/h3-7,9-10,14-15,18-22,28-31,35,40H,8,11-13,16-17H2,1-2H3,(H,37,41)/t22-,28-,29+,30?,31-/m1/s1. The van der Waals surface area contributed by atoms with Gasteiger partial charge in [0.15, 0.2) is 0 Å². The van der Waals surface area contributed by atoms with Gasteiger partial charge in [-0.3, -0.25) is 9.59 Å². The van der Waals surface area contributed by atoms with E-state index in [1.165, 1.54) is 0 Å². The summed E-state index contributed by atoms with van der Waals surface area (Å²) in [5, 5.41) is 21.1. The van der Waals surface area contributed by atoms with Crippen LogP contribution in [0.1, 0.15) is 75.6 Å². The highest BCUT2D eigenvalue weighted by molar-refractivity contribution is 7.09. The molecule has 2 aliphatic heterocycles. The number of carbonyl (C=O) groups is 2. The van der Waals surface area contributed by atoms with Crippen LogP contribution in [-0.4, -0.2) is 62.1 Å². The molecule has 0 aliphatic carbocycles. The Hall–Kier alpha value is -3.79. The topological polar surface area (TPSA) is 99.5 Å². The van der Waals surface area contributed by atoms with E-state index in [-0.39, 0.29) is 23.9 Å². The number of hydrogen-bond acceptors (Lipinski definition) is 6. The Morgan fingerprint density at radius 3 is 2.53 bits per heavy atom. The van der Waals surface area contributed by atoms with E-state index >= 15 is 0 Å². The predicted molar refractivity (Wildman–Crippen MR) is 169 cm³/mol. The van der Waals surface area contributed by atoms with Gasteiger partial charge in [0, 0.05) is 58.9 Å². The zero-order valence-corrected chi connectivity index (χ0v) is 25.5. The molecule has 5 atom stereocenters. The molecule has 2 aliphatic rings. The van der Waals surface area contributed by atoms with Gasteiger partial charge in [0.1, 0.15) is 5.01 Å². The number of rotatable bonds is 9. The lowest BCUT2D eigenvalue weighted by atomic mass is 9.95. The van der Waals surface area contributed by atoms with Gasteiger partial charge in [0.2, 0.25) is 0 Å². The Morgan fingerprint density at radius 1 is 1.07 bits per heavy atom. The monoisotopic (exact) mass is 597 g/mol. The minimum absolute atomic E-state index is 0.0644. The number of aryl methyl sites for hydroxylation is 1. The number of amides is 2. The number of thiazole rings is 1. The van der Waals surface area contributed by atoms with E-state index in [0.29, 0.717) is 30.1 Å². The normalized spacial score (nSPS) is 21.6. The average Bonchev–Trinajstić information content (AvgIpc) is 3.84. The number of aromatic nitrogens is 2. The van der Waals surface area contributed by atoms with Crippen LogP contribution in [0.4, 0.5) is 0 Å². The van der Waals surface area contributed by atoms with Crippen molar-refractivity contribution in [2.75, 3.05) is 6.54 Å². The van der Waals surface area contributed by atoms with Gasteiger partial charge in [0.25, 0.3) is 11.8 Å². The number of nitrogens with zero attached hydrogens (tertiary/aromatic N) is 3. The lowest BCUT2D eigenvalue weighted by molar-refractivity contribution is 0.0730. The Morgan fingerprint density at radius 2 is 1.84 bits per heavy atom. The summed E-state index contributed by atoms with van der Waals surface area (Å²) in [4.78, 5) is 34.5. The number of carbonyl (C=O) groups excluding carboxylic acids is 2. The molecule has 2 saturated heterocycles. The molecule has 0 saturated carbocycles. The number of nitrogens with one attached hydrogen (secondary N) is 2. The van der Waals surface area contributed by atoms with Crippen molar-refractivity contribution >= 4 is 23.2 Å². The quantitative estimate of drug-likeness (QED) is 0.251. The molecular formula is C34H39N5O3S. The zero-order valence-electron chi connectivity index (χ0n) is 24.6. The van der Waals surface area contributed by atoms with Gasteiger partial charge in [-0.15, -0.1) is 11.3 Å². The lowest BCUT2D eigenvalue weighted by Crippen LogP contribution is -2.53. The molecule has 0 radical (unpaired) electrons. The molecule has 4 heterocycles.